The van der Waals surface area contributed by atoms with E-state index in [4.69, 9.17) is 18.9 Å². The summed E-state index contributed by atoms with van der Waals surface area (Å²) in [6.07, 6.45) is 38.5. The number of quaternary nitrogens is 2. The topological polar surface area (TPSA) is 99.6 Å². The lowest BCUT2D eigenvalue weighted by Crippen LogP contribution is -3.09. The van der Waals surface area contributed by atoms with Crippen LogP contribution < -0.4 is 49.5 Å². The number of nitrogens with zero attached hydrogens (tertiary/aromatic N) is 1. The summed E-state index contributed by atoms with van der Waals surface area (Å²) in [5, 5.41) is 5.60. The molecule has 70 heavy (non-hydrogen) atoms. The number of amides is 2. The van der Waals surface area contributed by atoms with Gasteiger partial charge < -0.3 is 62.3 Å². The number of ether oxygens (including phenoxy) is 4. The molecule has 0 bridgehead atoms. The molecule has 0 saturated carbocycles. The van der Waals surface area contributed by atoms with Crippen molar-refractivity contribution in [2.24, 2.45) is 0 Å². The number of carbonyl (C=O) groups excluding carboxylic acids is 2. The highest BCUT2D eigenvalue weighted by atomic mass is 79.9. The normalized spacial score (nSPS) is 11.7. The zero-order chi connectivity index (χ0) is 49.0. The molecule has 10 nitrogen and oxygen atoms in total. The van der Waals surface area contributed by atoms with Crippen LogP contribution in [0.25, 0.3) is 0 Å². The monoisotopic (exact) mass is 1110 g/mol. The molecule has 0 saturated heterocycles. The summed E-state index contributed by atoms with van der Waals surface area (Å²) in [6.45, 7) is 11.3. The van der Waals surface area contributed by atoms with Gasteiger partial charge in [-0.3, -0.25) is 10.6 Å². The average Bonchev–Trinajstić information content (AvgIpc) is 3.32. The van der Waals surface area contributed by atoms with E-state index < -0.39 is 12.2 Å². The number of rotatable bonds is 46. The number of likely N-dealkylation sites (N-methyl/N-ethyl adjacent to an activating group) is 2. The highest BCUT2D eigenvalue weighted by Crippen LogP contribution is 2.18. The van der Waals surface area contributed by atoms with Crippen molar-refractivity contribution in [3.05, 3.63) is 59.7 Å². The van der Waals surface area contributed by atoms with Gasteiger partial charge in [0.1, 0.15) is 26.3 Å². The van der Waals surface area contributed by atoms with Gasteiger partial charge in [0.2, 0.25) is 0 Å². The van der Waals surface area contributed by atoms with Gasteiger partial charge in [0.15, 0.2) is 0 Å². The first-order chi connectivity index (χ1) is 33.2. The largest absolute Gasteiger partial charge is 1.00 e. The van der Waals surface area contributed by atoms with Gasteiger partial charge in [-0.05, 0) is 67.5 Å². The van der Waals surface area contributed by atoms with Crippen LogP contribution in [0, 0.1) is 0 Å². The summed E-state index contributed by atoms with van der Waals surface area (Å²) < 4.78 is 23.2. The summed E-state index contributed by atoms with van der Waals surface area (Å²) in [5.41, 5.74) is 3.56. The van der Waals surface area contributed by atoms with Crippen molar-refractivity contribution in [2.75, 3.05) is 97.6 Å². The minimum atomic E-state index is -0.487. The lowest BCUT2D eigenvalue weighted by atomic mass is 10.0. The molecule has 0 fully saturated rings. The Morgan fingerprint density at radius 1 is 0.429 bits per heavy atom. The van der Waals surface area contributed by atoms with E-state index in [0.717, 1.165) is 41.7 Å². The smallest absolute Gasteiger partial charge is 0.411 e. The van der Waals surface area contributed by atoms with Crippen molar-refractivity contribution in [3.8, 4) is 0 Å². The molecule has 2 amide bonds. The van der Waals surface area contributed by atoms with Crippen LogP contribution in [-0.4, -0.2) is 104 Å². The lowest BCUT2D eigenvalue weighted by molar-refractivity contribution is -0.891. The van der Waals surface area contributed by atoms with Crippen molar-refractivity contribution in [1.82, 2.24) is 0 Å². The molecule has 1 atom stereocenters. The molecule has 406 valence electrons. The minimum Gasteiger partial charge on any atom is -1.00 e. The van der Waals surface area contributed by atoms with Crippen LogP contribution in [0.1, 0.15) is 205 Å². The molecule has 2 aromatic carbocycles. The van der Waals surface area contributed by atoms with E-state index in [-0.39, 0.29) is 47.2 Å². The van der Waals surface area contributed by atoms with Crippen LogP contribution in [0.15, 0.2) is 48.5 Å². The predicted molar refractivity (Wildman–Crippen MR) is 286 cm³/mol. The summed E-state index contributed by atoms with van der Waals surface area (Å²) in [6, 6.07) is 15.5. The van der Waals surface area contributed by atoms with Crippen molar-refractivity contribution >= 4 is 23.6 Å². The van der Waals surface area contributed by atoms with E-state index in [2.05, 4.69) is 45.6 Å². The number of unbranched alkanes of at least 4 members (excludes halogenated alkanes) is 26. The maximum Gasteiger partial charge on any atom is 0.411 e. The third kappa shape index (κ3) is 41.3. The molecule has 3 N–H and O–H groups in total. The Kier molecular flexibility index (Phi) is 46.2. The lowest BCUT2D eigenvalue weighted by Gasteiger charge is -2.29. The second kappa shape index (κ2) is 47.8. The quantitative estimate of drug-likeness (QED) is 0.0460. The van der Waals surface area contributed by atoms with Gasteiger partial charge in [0, 0.05) is 11.4 Å². The van der Waals surface area contributed by atoms with Gasteiger partial charge in [-0.25, -0.2) is 9.59 Å². The number of benzene rings is 2. The van der Waals surface area contributed by atoms with Crippen LogP contribution in [0.2, 0.25) is 0 Å². The molecule has 0 aromatic heterocycles. The fraction of sp³-hybridized carbons (Fsp3) is 0.759. The Balaban J connectivity index is 0.0000238. The molecular formula is C58H104Br2N4O6. The second-order valence-corrected chi connectivity index (χ2v) is 20.3. The number of halogens is 2. The fourth-order valence-electron chi connectivity index (χ4n) is 8.70. The van der Waals surface area contributed by atoms with Crippen molar-refractivity contribution < 1.29 is 71.9 Å². The Morgan fingerprint density at radius 2 is 0.771 bits per heavy atom. The standard InChI is InChI=1S/C58H102N4O6.2BrH/c1-6-8-10-12-14-16-18-20-22-24-26-28-30-32-42-61(3)43-46-65-48-50-67-57(63)59-55-38-34-53(35-39-55)52-54-36-40-56(41-37-54)60-58(64)68-51-49-66-47-45-62(4,5)44-33-31-29-27-25-23-21-19-17-15-13-11-9-7-2;;/h34-41H,6-33,42-52H2,1-5H3,(H-,59,60,63,64);2*1H. The molecular weight excluding hydrogens is 1010 g/mol. The van der Waals surface area contributed by atoms with Crippen molar-refractivity contribution in [1.29, 1.82) is 0 Å². The second-order valence-electron chi connectivity index (χ2n) is 20.3. The molecule has 12 heteroatoms. The number of hydrogen-bond donors (Lipinski definition) is 3. The predicted octanol–water partition coefficient (Wildman–Crippen LogP) is 7.97. The summed E-state index contributed by atoms with van der Waals surface area (Å²) in [7, 11) is 6.78. The number of hydrogen-bond acceptors (Lipinski definition) is 6. The van der Waals surface area contributed by atoms with Gasteiger partial charge in [-0.2, -0.15) is 0 Å². The molecule has 0 spiro atoms. The minimum absolute atomic E-state index is 0. The summed E-state index contributed by atoms with van der Waals surface area (Å²) in [4.78, 5) is 26.2. The molecule has 0 aliphatic heterocycles. The van der Waals surface area contributed by atoms with E-state index >= 15 is 0 Å². The molecule has 2 rings (SSSR count). The van der Waals surface area contributed by atoms with Gasteiger partial charge >= 0.3 is 12.2 Å². The zero-order valence-corrected chi connectivity index (χ0v) is 48.5. The van der Waals surface area contributed by atoms with Gasteiger partial charge in [-0.1, -0.05) is 192 Å². The van der Waals surface area contributed by atoms with E-state index in [1.807, 2.05) is 48.5 Å². The maximum absolute atomic E-state index is 12.4. The maximum atomic E-state index is 12.4. The highest BCUT2D eigenvalue weighted by molar-refractivity contribution is 5.85. The van der Waals surface area contributed by atoms with Crippen LogP contribution in [0.3, 0.4) is 0 Å². The van der Waals surface area contributed by atoms with Crippen molar-refractivity contribution in [2.45, 2.75) is 200 Å². The molecule has 0 radical (unpaired) electrons. The van der Waals surface area contributed by atoms with E-state index in [1.165, 1.54) is 191 Å². The van der Waals surface area contributed by atoms with E-state index in [1.54, 1.807) is 0 Å². The Hall–Kier alpha value is -2.22. The summed E-state index contributed by atoms with van der Waals surface area (Å²) in [5.74, 6) is 0. The molecule has 0 heterocycles. The van der Waals surface area contributed by atoms with Gasteiger partial charge in [0.05, 0.1) is 60.7 Å². The molecule has 1 unspecified atom stereocenters. The third-order valence-corrected chi connectivity index (χ3v) is 13.3. The third-order valence-electron chi connectivity index (χ3n) is 13.3. The van der Waals surface area contributed by atoms with Crippen LogP contribution >= 0.6 is 0 Å². The SMILES string of the molecule is CCCCCCCCCCCCCCCC[NH+](C)CCOCCOC(=O)Nc1ccc(Cc2ccc(NC(=O)OCCOCC[N+](C)(C)CCCCCCCCCCCCCCCC)cc2)cc1.[Br-].[Br-]. The first-order valence-corrected chi connectivity index (χ1v) is 28.0. The first-order valence-electron chi connectivity index (χ1n) is 28.0. The Morgan fingerprint density at radius 3 is 1.16 bits per heavy atom. The van der Waals surface area contributed by atoms with Crippen LogP contribution in [0.4, 0.5) is 21.0 Å². The van der Waals surface area contributed by atoms with Crippen LogP contribution in [0.5, 0.6) is 0 Å². The Labute approximate surface area is 450 Å². The zero-order valence-electron chi connectivity index (χ0n) is 45.3. The van der Waals surface area contributed by atoms with Gasteiger partial charge in [0.25, 0.3) is 0 Å². The van der Waals surface area contributed by atoms with Crippen molar-refractivity contribution in [3.63, 3.8) is 0 Å². The summed E-state index contributed by atoms with van der Waals surface area (Å²) >= 11 is 0. The van der Waals surface area contributed by atoms with E-state index in [9.17, 15) is 9.59 Å². The molecule has 0 aliphatic rings. The Bertz CT molecular complexity index is 1470. The van der Waals surface area contributed by atoms with Crippen LogP contribution in [-0.2, 0) is 25.4 Å². The highest BCUT2D eigenvalue weighted by Gasteiger charge is 2.14. The number of carbonyl (C=O) groups is 2. The number of anilines is 2. The molecule has 0 aliphatic carbocycles. The average molecular weight is 1110 g/mol. The fourth-order valence-corrected chi connectivity index (χ4v) is 8.70. The van der Waals surface area contributed by atoms with E-state index in [0.29, 0.717) is 37.8 Å². The number of nitrogens with one attached hydrogen (secondary N) is 3. The molecule has 2 aromatic rings. The first kappa shape index (κ1) is 67.8. The van der Waals surface area contributed by atoms with Gasteiger partial charge in [-0.15, -0.1) is 0 Å².